The average Bonchev–Trinajstić information content (AvgIpc) is 2.64. The van der Waals surface area contributed by atoms with Crippen molar-refractivity contribution in [2.75, 3.05) is 4.72 Å². The molecule has 0 heterocycles. The lowest BCUT2D eigenvalue weighted by atomic mass is 10.1. The van der Waals surface area contributed by atoms with E-state index in [1.807, 2.05) is 30.3 Å². The minimum Gasteiger partial charge on any atom is -0.506 e. The Bertz CT molecular complexity index is 1040. The summed E-state index contributed by atoms with van der Waals surface area (Å²) < 4.78 is 27.5. The third-order valence-corrected chi connectivity index (χ3v) is 5.30. The Hall–Kier alpha value is -3.12. The molecule has 6 heteroatoms. The van der Waals surface area contributed by atoms with Gasteiger partial charge in [0.2, 0.25) is 0 Å². The summed E-state index contributed by atoms with van der Waals surface area (Å²) in [5, 5.41) is 9.88. The SMILES string of the molecule is CC(=O)c1ccc(O)c(NS(=O)(=O)c2ccc(-c3ccccc3)cc2)c1. The zero-order valence-electron chi connectivity index (χ0n) is 14.0. The van der Waals surface area contributed by atoms with Gasteiger partial charge in [0.1, 0.15) is 5.75 Å². The molecule has 0 saturated heterocycles. The summed E-state index contributed by atoms with van der Waals surface area (Å²) in [5.41, 5.74) is 2.15. The van der Waals surface area contributed by atoms with Gasteiger partial charge in [-0.05, 0) is 48.4 Å². The standard InChI is InChI=1S/C20H17NO4S/c1-14(22)17-9-12-20(23)19(13-17)21-26(24,25)18-10-7-16(8-11-18)15-5-3-2-4-6-15/h2-13,21,23H,1H3. The predicted molar refractivity (Wildman–Crippen MR) is 101 cm³/mol. The first-order valence-corrected chi connectivity index (χ1v) is 9.37. The van der Waals surface area contributed by atoms with Gasteiger partial charge in [0, 0.05) is 5.56 Å². The van der Waals surface area contributed by atoms with E-state index in [0.717, 1.165) is 11.1 Å². The first kappa shape index (κ1) is 17.7. The lowest BCUT2D eigenvalue weighted by Crippen LogP contribution is -2.13. The van der Waals surface area contributed by atoms with Crippen molar-refractivity contribution in [1.29, 1.82) is 0 Å². The zero-order chi connectivity index (χ0) is 18.7. The van der Waals surface area contributed by atoms with Gasteiger partial charge in [-0.25, -0.2) is 8.42 Å². The van der Waals surface area contributed by atoms with Gasteiger partial charge in [-0.3, -0.25) is 9.52 Å². The van der Waals surface area contributed by atoms with Gasteiger partial charge < -0.3 is 5.11 Å². The number of aromatic hydroxyl groups is 1. The molecule has 0 aliphatic heterocycles. The van der Waals surface area contributed by atoms with Crippen molar-refractivity contribution in [3.05, 3.63) is 78.4 Å². The Morgan fingerprint density at radius 1 is 0.885 bits per heavy atom. The number of carbonyl (C=O) groups is 1. The normalized spacial score (nSPS) is 11.1. The van der Waals surface area contributed by atoms with Gasteiger partial charge >= 0.3 is 0 Å². The van der Waals surface area contributed by atoms with Gasteiger partial charge in [0.25, 0.3) is 10.0 Å². The van der Waals surface area contributed by atoms with Crippen molar-refractivity contribution < 1.29 is 18.3 Å². The first-order chi connectivity index (χ1) is 12.4. The lowest BCUT2D eigenvalue weighted by Gasteiger charge is -2.11. The van der Waals surface area contributed by atoms with E-state index in [1.165, 1.54) is 37.3 Å². The molecule has 0 aliphatic carbocycles. The van der Waals surface area contributed by atoms with Gasteiger partial charge in [0.15, 0.2) is 5.78 Å². The maximum Gasteiger partial charge on any atom is 0.262 e. The average molecular weight is 367 g/mol. The smallest absolute Gasteiger partial charge is 0.262 e. The minimum atomic E-state index is -3.90. The van der Waals surface area contributed by atoms with E-state index in [1.54, 1.807) is 12.1 Å². The Balaban J connectivity index is 1.89. The minimum absolute atomic E-state index is 0.0372. The van der Waals surface area contributed by atoms with Crippen molar-refractivity contribution in [2.45, 2.75) is 11.8 Å². The van der Waals surface area contributed by atoms with E-state index in [2.05, 4.69) is 4.72 Å². The molecule has 0 atom stereocenters. The number of carbonyl (C=O) groups excluding carboxylic acids is 1. The third kappa shape index (κ3) is 3.75. The number of benzene rings is 3. The molecule has 26 heavy (non-hydrogen) atoms. The summed E-state index contributed by atoms with van der Waals surface area (Å²) in [4.78, 5) is 11.5. The number of ketones is 1. The van der Waals surface area contributed by atoms with Crippen LogP contribution in [0.1, 0.15) is 17.3 Å². The maximum atomic E-state index is 12.6. The van der Waals surface area contributed by atoms with Crippen LogP contribution in [0, 0.1) is 0 Å². The summed E-state index contributed by atoms with van der Waals surface area (Å²) in [6.07, 6.45) is 0. The number of anilines is 1. The van der Waals surface area contributed by atoms with Crippen molar-refractivity contribution in [3.8, 4) is 16.9 Å². The number of nitrogens with one attached hydrogen (secondary N) is 1. The molecule has 0 amide bonds. The second kappa shape index (κ2) is 7.01. The van der Waals surface area contributed by atoms with E-state index < -0.39 is 10.0 Å². The highest BCUT2D eigenvalue weighted by atomic mass is 32.2. The molecule has 0 spiro atoms. The molecule has 0 unspecified atom stereocenters. The monoisotopic (exact) mass is 367 g/mol. The Morgan fingerprint density at radius 3 is 2.12 bits per heavy atom. The largest absolute Gasteiger partial charge is 0.506 e. The molecule has 3 aromatic carbocycles. The first-order valence-electron chi connectivity index (χ1n) is 7.89. The van der Waals surface area contributed by atoms with Crippen LogP contribution in [0.3, 0.4) is 0 Å². The molecule has 0 aliphatic rings. The van der Waals surface area contributed by atoms with Crippen LogP contribution in [0.4, 0.5) is 5.69 Å². The third-order valence-electron chi connectivity index (χ3n) is 3.92. The maximum absolute atomic E-state index is 12.6. The van der Waals surface area contributed by atoms with Crippen LogP contribution in [0.2, 0.25) is 0 Å². The summed E-state index contributed by atoms with van der Waals surface area (Å²) in [6, 6.07) is 20.1. The fourth-order valence-electron chi connectivity index (χ4n) is 2.50. The number of hydrogen-bond donors (Lipinski definition) is 2. The highest BCUT2D eigenvalue weighted by molar-refractivity contribution is 7.92. The number of phenols is 1. The molecule has 3 aromatic rings. The van der Waals surface area contributed by atoms with Crippen LogP contribution in [0.25, 0.3) is 11.1 Å². The molecule has 2 N–H and O–H groups in total. The van der Waals surface area contributed by atoms with Gasteiger partial charge in [0.05, 0.1) is 10.6 Å². The summed E-state index contributed by atoms with van der Waals surface area (Å²) in [5.74, 6) is -0.475. The molecular formula is C20H17NO4S. The second-order valence-corrected chi connectivity index (χ2v) is 7.47. The molecule has 0 radical (unpaired) electrons. The quantitative estimate of drug-likeness (QED) is 0.526. The van der Waals surface area contributed by atoms with Crippen LogP contribution >= 0.6 is 0 Å². The number of phenolic OH excluding ortho intramolecular Hbond substituents is 1. The number of Topliss-reactive ketones (excluding diaryl/α,β-unsaturated/α-hetero) is 1. The Morgan fingerprint density at radius 2 is 1.50 bits per heavy atom. The van der Waals surface area contributed by atoms with E-state index in [0.29, 0.717) is 5.56 Å². The van der Waals surface area contributed by atoms with Gasteiger partial charge in [-0.1, -0.05) is 42.5 Å². The zero-order valence-corrected chi connectivity index (χ0v) is 14.8. The summed E-state index contributed by atoms with van der Waals surface area (Å²) in [7, 11) is -3.90. The topological polar surface area (TPSA) is 83.5 Å². The number of rotatable bonds is 5. The van der Waals surface area contributed by atoms with Crippen LogP contribution in [-0.2, 0) is 10.0 Å². The summed E-state index contributed by atoms with van der Waals surface area (Å²) in [6.45, 7) is 1.37. The molecule has 0 fully saturated rings. The van der Waals surface area contributed by atoms with E-state index in [-0.39, 0.29) is 22.1 Å². The van der Waals surface area contributed by atoms with Crippen molar-refractivity contribution in [1.82, 2.24) is 0 Å². The van der Waals surface area contributed by atoms with Gasteiger partial charge in [-0.2, -0.15) is 0 Å². The molecule has 0 aromatic heterocycles. The Labute approximate surface area is 152 Å². The molecule has 0 bridgehead atoms. The number of hydrogen-bond acceptors (Lipinski definition) is 4. The molecule has 0 saturated carbocycles. The fourth-order valence-corrected chi connectivity index (χ4v) is 3.56. The lowest BCUT2D eigenvalue weighted by molar-refractivity contribution is 0.101. The van der Waals surface area contributed by atoms with E-state index in [9.17, 15) is 18.3 Å². The van der Waals surface area contributed by atoms with Crippen LogP contribution in [0.5, 0.6) is 5.75 Å². The van der Waals surface area contributed by atoms with Gasteiger partial charge in [-0.15, -0.1) is 0 Å². The van der Waals surface area contributed by atoms with Crippen LogP contribution < -0.4 is 4.72 Å². The summed E-state index contributed by atoms with van der Waals surface area (Å²) >= 11 is 0. The van der Waals surface area contributed by atoms with E-state index >= 15 is 0 Å². The van der Waals surface area contributed by atoms with Crippen LogP contribution in [-0.4, -0.2) is 19.3 Å². The highest BCUT2D eigenvalue weighted by Gasteiger charge is 2.17. The van der Waals surface area contributed by atoms with Crippen molar-refractivity contribution >= 4 is 21.5 Å². The Kier molecular flexibility index (Phi) is 4.77. The van der Waals surface area contributed by atoms with Crippen LogP contribution in [0.15, 0.2) is 77.7 Å². The molecule has 3 rings (SSSR count). The number of sulfonamides is 1. The highest BCUT2D eigenvalue weighted by Crippen LogP contribution is 2.28. The predicted octanol–water partition coefficient (Wildman–Crippen LogP) is 4.06. The molecule has 132 valence electrons. The molecular weight excluding hydrogens is 350 g/mol. The van der Waals surface area contributed by atoms with Crippen molar-refractivity contribution in [2.24, 2.45) is 0 Å². The second-order valence-electron chi connectivity index (χ2n) is 5.78. The van der Waals surface area contributed by atoms with Crippen molar-refractivity contribution in [3.63, 3.8) is 0 Å². The van der Waals surface area contributed by atoms with E-state index in [4.69, 9.17) is 0 Å². The fraction of sp³-hybridized carbons (Fsp3) is 0.0500. The molecule has 5 nitrogen and oxygen atoms in total.